The van der Waals surface area contributed by atoms with Crippen LogP contribution in [-0.2, 0) is 12.4 Å². The van der Waals surface area contributed by atoms with Crippen LogP contribution in [0.3, 0.4) is 0 Å². The van der Waals surface area contributed by atoms with Crippen molar-refractivity contribution in [3.63, 3.8) is 0 Å². The van der Waals surface area contributed by atoms with Gasteiger partial charge in [0.05, 0.1) is 16.7 Å². The monoisotopic (exact) mass is 914 g/mol. The lowest BCUT2D eigenvalue weighted by atomic mass is 10.0. The molecule has 0 bridgehead atoms. The highest BCUT2D eigenvalue weighted by Gasteiger charge is 2.33. The van der Waals surface area contributed by atoms with Crippen molar-refractivity contribution < 1.29 is 71.7 Å². The first kappa shape index (κ1) is 49.7. The van der Waals surface area contributed by atoms with E-state index in [-0.39, 0.29) is 37.1 Å². The first-order valence-electron chi connectivity index (χ1n) is 18.7. The molecule has 6 aromatic rings. The molecule has 6 aromatic carbocycles. The topological polar surface area (TPSA) is 197 Å². The summed E-state index contributed by atoms with van der Waals surface area (Å²) in [7, 11) is 0. The van der Waals surface area contributed by atoms with E-state index in [0.29, 0.717) is 40.1 Å². The summed E-state index contributed by atoms with van der Waals surface area (Å²) in [5.41, 5.74) is 16.1. The highest BCUT2D eigenvalue weighted by Crippen LogP contribution is 2.37. The number of hydrogen-bond donors (Lipinski definition) is 5. The van der Waals surface area contributed by atoms with Crippen LogP contribution in [0, 0.1) is 39.3 Å². The Morgan fingerprint density at radius 3 is 1.38 bits per heavy atom. The van der Waals surface area contributed by atoms with Crippen LogP contribution in [0.1, 0.15) is 77.7 Å². The van der Waals surface area contributed by atoms with Gasteiger partial charge in [-0.25, -0.2) is 13.6 Å². The van der Waals surface area contributed by atoms with Gasteiger partial charge in [0.15, 0.2) is 0 Å². The third-order valence-electron chi connectivity index (χ3n) is 9.29. The van der Waals surface area contributed by atoms with Crippen molar-refractivity contribution >= 4 is 35.1 Å². The van der Waals surface area contributed by atoms with Crippen molar-refractivity contribution in [2.45, 2.75) is 40.0 Å². The number of amides is 3. The van der Waals surface area contributed by atoms with Crippen LogP contribution in [0.25, 0.3) is 0 Å². The summed E-state index contributed by atoms with van der Waals surface area (Å²) in [5.74, 6) is -4.69. The van der Waals surface area contributed by atoms with Crippen molar-refractivity contribution in [2.75, 3.05) is 11.1 Å². The van der Waals surface area contributed by atoms with Gasteiger partial charge in [0.1, 0.15) is 40.2 Å². The molecule has 344 valence electrons. The molecule has 19 heteroatoms. The van der Waals surface area contributed by atoms with Crippen LogP contribution in [0.15, 0.2) is 109 Å². The molecule has 0 heterocycles. The number of carbonyl (C=O) groups is 4. The van der Waals surface area contributed by atoms with Gasteiger partial charge in [-0.3, -0.25) is 14.4 Å². The Hall–Kier alpha value is -7.96. The molecule has 6 rings (SSSR count). The lowest BCUT2D eigenvalue weighted by Crippen LogP contribution is -2.18. The largest absolute Gasteiger partial charge is 0.478 e. The first-order chi connectivity index (χ1) is 30.3. The van der Waals surface area contributed by atoms with E-state index in [0.717, 1.165) is 42.0 Å². The van der Waals surface area contributed by atoms with Gasteiger partial charge in [-0.2, -0.15) is 26.3 Å². The van der Waals surface area contributed by atoms with E-state index < -0.39 is 69.9 Å². The number of benzene rings is 6. The smallest absolute Gasteiger partial charge is 0.416 e. The molecule has 3 amide bonds. The maximum absolute atomic E-state index is 13.4. The van der Waals surface area contributed by atoms with Crippen LogP contribution >= 0.6 is 0 Å². The van der Waals surface area contributed by atoms with Crippen molar-refractivity contribution in [1.29, 1.82) is 0 Å². The second-order valence-corrected chi connectivity index (χ2v) is 13.9. The Bertz CT molecular complexity index is 2790. The Labute approximate surface area is 368 Å². The Morgan fingerprint density at radius 1 is 0.554 bits per heavy atom. The lowest BCUT2D eigenvalue weighted by Gasteiger charge is -2.16. The number of rotatable bonds is 9. The van der Waals surface area contributed by atoms with Crippen molar-refractivity contribution in [3.05, 3.63) is 176 Å². The number of halogens is 8. The molecule has 0 aromatic heterocycles. The number of anilines is 2. The average Bonchev–Trinajstić information content (AvgIpc) is 3.21. The number of primary amides is 2. The van der Waals surface area contributed by atoms with Gasteiger partial charge in [0.25, 0.3) is 5.91 Å². The molecule has 65 heavy (non-hydrogen) atoms. The van der Waals surface area contributed by atoms with Crippen LogP contribution in [0.5, 0.6) is 23.0 Å². The Balaban J connectivity index is 0.000000381. The van der Waals surface area contributed by atoms with Gasteiger partial charge in [-0.1, -0.05) is 12.1 Å². The summed E-state index contributed by atoms with van der Waals surface area (Å²) < 4.78 is 115. The number of nitrogens with one attached hydrogen (secondary N) is 1. The molecule has 11 nitrogen and oxygen atoms in total. The molecule has 0 saturated carbocycles. The molecule has 0 aliphatic heterocycles. The van der Waals surface area contributed by atoms with Gasteiger partial charge in [-0.15, -0.1) is 0 Å². The van der Waals surface area contributed by atoms with E-state index in [4.69, 9.17) is 31.8 Å². The maximum Gasteiger partial charge on any atom is 0.416 e. The average molecular weight is 915 g/mol. The third kappa shape index (κ3) is 13.0. The number of aromatic carboxylic acids is 1. The lowest BCUT2D eigenvalue weighted by molar-refractivity contribution is -0.138. The van der Waals surface area contributed by atoms with Crippen LogP contribution in [0.4, 0.5) is 46.5 Å². The second kappa shape index (κ2) is 20.5. The van der Waals surface area contributed by atoms with Crippen molar-refractivity contribution in [2.24, 2.45) is 11.5 Å². The van der Waals surface area contributed by atoms with Crippen LogP contribution in [-0.4, -0.2) is 28.8 Å². The maximum atomic E-state index is 13.4. The van der Waals surface area contributed by atoms with E-state index in [9.17, 15) is 54.3 Å². The fourth-order valence-electron chi connectivity index (χ4n) is 5.77. The van der Waals surface area contributed by atoms with Gasteiger partial charge in [0, 0.05) is 25.4 Å². The van der Waals surface area contributed by atoms with Crippen molar-refractivity contribution in [1.82, 2.24) is 0 Å². The molecule has 0 unspecified atom stereocenters. The van der Waals surface area contributed by atoms with Gasteiger partial charge >= 0.3 is 18.3 Å². The highest BCUT2D eigenvalue weighted by molar-refractivity contribution is 6.07. The number of nitrogen functional groups attached to an aromatic ring is 1. The van der Waals surface area contributed by atoms with E-state index >= 15 is 0 Å². The molecular formula is C46H42F8N4O7. The summed E-state index contributed by atoms with van der Waals surface area (Å²) in [6.45, 7) is 6.40. The molecule has 0 fully saturated rings. The van der Waals surface area contributed by atoms with E-state index in [1.54, 1.807) is 39.0 Å². The first-order valence-corrected chi connectivity index (χ1v) is 18.7. The number of hydrogen-bond acceptors (Lipinski definition) is 7. The molecule has 8 N–H and O–H groups in total. The minimum Gasteiger partial charge on any atom is -0.478 e. The number of carboxylic acids is 1. The van der Waals surface area contributed by atoms with Gasteiger partial charge < -0.3 is 37.1 Å². The Kier molecular flexibility index (Phi) is 15.7. The summed E-state index contributed by atoms with van der Waals surface area (Å²) in [6.07, 6.45) is -9.35. The van der Waals surface area contributed by atoms with Gasteiger partial charge in [0.2, 0.25) is 11.8 Å². The zero-order chi connectivity index (χ0) is 48.6. The van der Waals surface area contributed by atoms with Gasteiger partial charge in [-0.05, 0) is 147 Å². The summed E-state index contributed by atoms with van der Waals surface area (Å²) >= 11 is 0. The number of ether oxygens (including phenoxy) is 2. The van der Waals surface area contributed by atoms with Crippen LogP contribution < -0.4 is 32.0 Å². The van der Waals surface area contributed by atoms with E-state index in [1.807, 2.05) is 0 Å². The van der Waals surface area contributed by atoms with E-state index in [2.05, 4.69) is 5.32 Å². The minimum absolute atomic E-state index is 0. The third-order valence-corrected chi connectivity index (χ3v) is 9.29. The standard InChI is InChI=1S/C23H18F4N2O3.C15H10F4O3.C8H10N2O.2H2/c1-12-10-15(24)7-9-19(12)32-20-8-6-14(23(25,26)27)11-17(20)22(31)29-18-5-3-4-16(13(18)2)21(28)30;1-8-6-10(16)3-5-12(8)22-13-4-2-9(15(17,18)19)7-11(13)14(20)21;1-5-6(8(10)11)3-2-4-7(5)9;;/h3-11H,1-2H3,(H2,28,30)(H,29,31);2-7H,1H3,(H,20,21);2-4H,9H2,1H3,(H2,10,11);2*1H. The second-order valence-electron chi connectivity index (χ2n) is 13.9. The predicted molar refractivity (Wildman–Crippen MR) is 228 cm³/mol. The van der Waals surface area contributed by atoms with E-state index in [1.165, 1.54) is 49.4 Å². The normalized spacial score (nSPS) is 11.0. The summed E-state index contributed by atoms with van der Waals surface area (Å²) in [6, 6.07) is 21.3. The molecule has 0 aliphatic carbocycles. The Morgan fingerprint density at radius 2 is 0.969 bits per heavy atom. The number of carbonyl (C=O) groups excluding carboxylic acids is 3. The fourth-order valence-corrected chi connectivity index (χ4v) is 5.77. The molecule has 0 saturated heterocycles. The zero-order valence-electron chi connectivity index (χ0n) is 34.5. The molecular weight excluding hydrogens is 873 g/mol. The van der Waals surface area contributed by atoms with Crippen molar-refractivity contribution in [3.8, 4) is 23.0 Å². The fraction of sp³-hybridized carbons (Fsp3) is 0.130. The number of alkyl halides is 6. The number of nitrogens with two attached hydrogens (primary N) is 3. The highest BCUT2D eigenvalue weighted by atomic mass is 19.4. The number of aryl methyl sites for hydroxylation is 2. The predicted octanol–water partition coefficient (Wildman–Crippen LogP) is 11.4. The molecule has 0 aliphatic rings. The molecule has 0 atom stereocenters. The number of carboxylic acid groups (broad SMARTS) is 1. The molecule has 0 spiro atoms. The summed E-state index contributed by atoms with van der Waals surface area (Å²) in [5, 5.41) is 11.5. The summed E-state index contributed by atoms with van der Waals surface area (Å²) in [4.78, 5) is 46.3. The SMILES string of the molecule is Cc1c(N)cccc1C(N)=O.Cc1cc(F)ccc1Oc1ccc(C(F)(F)F)cc1C(=O)Nc1cccc(C(N)=O)c1C.Cc1cc(F)ccc1Oc1ccc(C(F)(F)F)cc1C(=O)O.[HH].[HH]. The zero-order valence-corrected chi connectivity index (χ0v) is 34.5. The minimum atomic E-state index is -4.69. The molecule has 0 radical (unpaired) electrons. The quantitative estimate of drug-likeness (QED) is 0.0697. The van der Waals surface area contributed by atoms with Crippen LogP contribution in [0.2, 0.25) is 0 Å².